The number of hydrogen-bond acceptors (Lipinski definition) is 3. The molecule has 2 fully saturated rings. The summed E-state index contributed by atoms with van der Waals surface area (Å²) in [4.78, 5) is 0. The molecule has 2 saturated heterocycles. The van der Waals surface area contributed by atoms with Crippen LogP contribution in [0.15, 0.2) is 28.7 Å². The van der Waals surface area contributed by atoms with Crippen molar-refractivity contribution in [3.8, 4) is 0 Å². The Hall–Kier alpha value is -0.420. The second kappa shape index (κ2) is 6.78. The molecule has 4 heteroatoms. The Morgan fingerprint density at radius 3 is 2.81 bits per heavy atom. The van der Waals surface area contributed by atoms with Crippen molar-refractivity contribution in [1.29, 1.82) is 0 Å². The Bertz CT molecular complexity index is 456. The first-order valence-electron chi connectivity index (χ1n) is 7.84. The van der Waals surface area contributed by atoms with Crippen molar-refractivity contribution in [2.75, 3.05) is 26.9 Å². The Labute approximate surface area is 135 Å². The average molecular weight is 354 g/mol. The second-order valence-corrected chi connectivity index (χ2v) is 7.23. The molecule has 3 rings (SSSR count). The lowest BCUT2D eigenvalue weighted by molar-refractivity contribution is -0.102. The second-order valence-electron chi connectivity index (χ2n) is 6.31. The highest BCUT2D eigenvalue weighted by atomic mass is 79.9. The predicted molar refractivity (Wildman–Crippen MR) is 87.5 cm³/mol. The van der Waals surface area contributed by atoms with Crippen LogP contribution < -0.4 is 5.32 Å². The summed E-state index contributed by atoms with van der Waals surface area (Å²) < 4.78 is 12.8. The van der Waals surface area contributed by atoms with E-state index in [4.69, 9.17) is 9.47 Å². The Morgan fingerprint density at radius 2 is 2.14 bits per heavy atom. The molecular weight excluding hydrogens is 330 g/mol. The predicted octanol–water partition coefficient (Wildman–Crippen LogP) is 3.17. The standard InChI is InChI=1S/C17H24BrNO2/c1-19-16(10-13-2-4-15(18)5-3-13)14-6-8-21-17(11-14)7-9-20-12-17/h2-5,14,16,19H,6-12H2,1H3. The molecule has 2 heterocycles. The summed E-state index contributed by atoms with van der Waals surface area (Å²) >= 11 is 3.50. The van der Waals surface area contributed by atoms with Crippen molar-refractivity contribution in [2.45, 2.75) is 37.3 Å². The fourth-order valence-electron chi connectivity index (χ4n) is 3.65. The van der Waals surface area contributed by atoms with E-state index >= 15 is 0 Å². The summed E-state index contributed by atoms with van der Waals surface area (Å²) in [5.74, 6) is 0.661. The van der Waals surface area contributed by atoms with Crippen LogP contribution in [0, 0.1) is 5.92 Å². The molecule has 2 aliphatic heterocycles. The molecule has 1 aromatic rings. The van der Waals surface area contributed by atoms with Crippen LogP contribution in [0.25, 0.3) is 0 Å². The molecule has 1 aromatic carbocycles. The first kappa shape index (κ1) is 15.5. The van der Waals surface area contributed by atoms with E-state index in [9.17, 15) is 0 Å². The van der Waals surface area contributed by atoms with Crippen LogP contribution in [-0.2, 0) is 15.9 Å². The molecule has 1 N–H and O–H groups in total. The van der Waals surface area contributed by atoms with E-state index in [2.05, 4.69) is 52.6 Å². The van der Waals surface area contributed by atoms with Crippen LogP contribution >= 0.6 is 15.9 Å². The maximum absolute atomic E-state index is 6.06. The maximum Gasteiger partial charge on any atom is 0.0939 e. The topological polar surface area (TPSA) is 30.5 Å². The smallest absolute Gasteiger partial charge is 0.0939 e. The Morgan fingerprint density at radius 1 is 1.33 bits per heavy atom. The van der Waals surface area contributed by atoms with E-state index in [1.54, 1.807) is 0 Å². The minimum Gasteiger partial charge on any atom is -0.378 e. The lowest BCUT2D eigenvalue weighted by Crippen LogP contribution is -2.47. The van der Waals surface area contributed by atoms with Gasteiger partial charge in [0, 0.05) is 30.1 Å². The molecule has 0 bridgehead atoms. The molecule has 0 aromatic heterocycles. The van der Waals surface area contributed by atoms with Crippen molar-refractivity contribution >= 4 is 15.9 Å². The molecular formula is C17H24BrNO2. The van der Waals surface area contributed by atoms with Crippen LogP contribution in [-0.4, -0.2) is 38.5 Å². The molecule has 0 amide bonds. The van der Waals surface area contributed by atoms with Gasteiger partial charge in [0.05, 0.1) is 12.2 Å². The molecule has 1 spiro atoms. The number of rotatable bonds is 4. The molecule has 0 aliphatic carbocycles. The largest absolute Gasteiger partial charge is 0.378 e. The maximum atomic E-state index is 6.06. The number of ether oxygens (including phenoxy) is 2. The molecule has 2 aliphatic rings. The zero-order valence-electron chi connectivity index (χ0n) is 12.6. The Balaban J connectivity index is 1.66. The van der Waals surface area contributed by atoms with Crippen molar-refractivity contribution in [3.63, 3.8) is 0 Å². The van der Waals surface area contributed by atoms with Crippen molar-refractivity contribution in [3.05, 3.63) is 34.3 Å². The van der Waals surface area contributed by atoms with Crippen LogP contribution in [0.4, 0.5) is 0 Å². The zero-order chi connectivity index (χ0) is 14.7. The van der Waals surface area contributed by atoms with E-state index in [-0.39, 0.29) is 5.60 Å². The zero-order valence-corrected chi connectivity index (χ0v) is 14.2. The van der Waals surface area contributed by atoms with Crippen molar-refractivity contribution in [1.82, 2.24) is 5.32 Å². The third-order valence-corrected chi connectivity index (χ3v) is 5.44. The van der Waals surface area contributed by atoms with E-state index in [1.807, 2.05) is 0 Å². The van der Waals surface area contributed by atoms with Crippen LogP contribution in [0.5, 0.6) is 0 Å². The number of likely N-dealkylation sites (N-methyl/N-ethyl adjacent to an activating group) is 1. The number of benzene rings is 1. The molecule has 3 nitrogen and oxygen atoms in total. The van der Waals surface area contributed by atoms with Gasteiger partial charge in [-0.25, -0.2) is 0 Å². The lowest BCUT2D eigenvalue weighted by Gasteiger charge is -2.40. The quantitative estimate of drug-likeness (QED) is 0.901. The summed E-state index contributed by atoms with van der Waals surface area (Å²) in [6.45, 7) is 2.49. The number of hydrogen-bond donors (Lipinski definition) is 1. The van der Waals surface area contributed by atoms with Gasteiger partial charge < -0.3 is 14.8 Å². The summed E-state index contributed by atoms with van der Waals surface area (Å²) in [6, 6.07) is 9.17. The first-order chi connectivity index (χ1) is 10.2. The average Bonchev–Trinajstić information content (AvgIpc) is 2.94. The first-order valence-corrected chi connectivity index (χ1v) is 8.63. The SMILES string of the molecule is CNC(Cc1ccc(Br)cc1)C1CCOC2(CCOC2)C1. The molecule has 0 saturated carbocycles. The molecule has 3 unspecified atom stereocenters. The minimum atomic E-state index is -0.00225. The van der Waals surface area contributed by atoms with Gasteiger partial charge in [-0.05, 0) is 49.9 Å². The molecule has 3 atom stereocenters. The summed E-state index contributed by atoms with van der Waals surface area (Å²) in [5, 5.41) is 3.53. The third-order valence-electron chi connectivity index (χ3n) is 4.91. The van der Waals surface area contributed by atoms with Gasteiger partial charge in [-0.15, -0.1) is 0 Å². The normalized spacial score (nSPS) is 30.7. The molecule has 116 valence electrons. The van der Waals surface area contributed by atoms with Crippen LogP contribution in [0.1, 0.15) is 24.8 Å². The monoisotopic (exact) mass is 353 g/mol. The number of nitrogens with one attached hydrogen (secondary N) is 1. The van der Waals surface area contributed by atoms with Gasteiger partial charge in [0.1, 0.15) is 0 Å². The van der Waals surface area contributed by atoms with Crippen LogP contribution in [0.3, 0.4) is 0 Å². The molecule has 0 radical (unpaired) electrons. The molecule has 21 heavy (non-hydrogen) atoms. The van der Waals surface area contributed by atoms with E-state index in [1.165, 1.54) is 5.56 Å². The van der Waals surface area contributed by atoms with Gasteiger partial charge >= 0.3 is 0 Å². The van der Waals surface area contributed by atoms with Gasteiger partial charge in [0.15, 0.2) is 0 Å². The highest BCUT2D eigenvalue weighted by Gasteiger charge is 2.42. The fourth-order valence-corrected chi connectivity index (χ4v) is 3.92. The van der Waals surface area contributed by atoms with Gasteiger partial charge in [0.25, 0.3) is 0 Å². The fraction of sp³-hybridized carbons (Fsp3) is 0.647. The summed E-state index contributed by atoms with van der Waals surface area (Å²) in [6.07, 6.45) is 4.39. The van der Waals surface area contributed by atoms with Gasteiger partial charge in [-0.2, -0.15) is 0 Å². The van der Waals surface area contributed by atoms with E-state index in [0.717, 1.165) is 50.0 Å². The summed E-state index contributed by atoms with van der Waals surface area (Å²) in [7, 11) is 2.08. The highest BCUT2D eigenvalue weighted by molar-refractivity contribution is 9.10. The number of halogens is 1. The van der Waals surface area contributed by atoms with Gasteiger partial charge in [0.2, 0.25) is 0 Å². The van der Waals surface area contributed by atoms with E-state index in [0.29, 0.717) is 12.0 Å². The van der Waals surface area contributed by atoms with Gasteiger partial charge in [-0.1, -0.05) is 28.1 Å². The van der Waals surface area contributed by atoms with Crippen LogP contribution in [0.2, 0.25) is 0 Å². The lowest BCUT2D eigenvalue weighted by atomic mass is 9.79. The van der Waals surface area contributed by atoms with E-state index < -0.39 is 0 Å². The highest BCUT2D eigenvalue weighted by Crippen LogP contribution is 2.37. The minimum absolute atomic E-state index is 0.00225. The van der Waals surface area contributed by atoms with Gasteiger partial charge in [-0.3, -0.25) is 0 Å². The summed E-state index contributed by atoms with van der Waals surface area (Å²) in [5.41, 5.74) is 1.39. The van der Waals surface area contributed by atoms with Crippen molar-refractivity contribution < 1.29 is 9.47 Å². The van der Waals surface area contributed by atoms with Crippen molar-refractivity contribution in [2.24, 2.45) is 5.92 Å². The third kappa shape index (κ3) is 3.67. The Kier molecular flexibility index (Phi) is 4.99.